The molecule has 0 bridgehead atoms. The van der Waals surface area contributed by atoms with Crippen molar-refractivity contribution in [2.75, 3.05) is 19.0 Å². The molecule has 23 heavy (non-hydrogen) atoms. The van der Waals surface area contributed by atoms with Gasteiger partial charge >= 0.3 is 0 Å². The second-order valence-electron chi connectivity index (χ2n) is 6.33. The van der Waals surface area contributed by atoms with Gasteiger partial charge in [-0.2, -0.15) is 5.10 Å². The highest BCUT2D eigenvalue weighted by molar-refractivity contribution is 6.48. The number of anilines is 1. The van der Waals surface area contributed by atoms with Crippen molar-refractivity contribution in [1.29, 1.82) is 0 Å². The topological polar surface area (TPSA) is 45.8 Å². The Bertz CT molecular complexity index is 824. The van der Waals surface area contributed by atoms with Crippen molar-refractivity contribution in [2.45, 2.75) is 34.6 Å². The van der Waals surface area contributed by atoms with Crippen molar-refractivity contribution in [2.24, 2.45) is 10.1 Å². The van der Waals surface area contributed by atoms with E-state index >= 15 is 0 Å². The van der Waals surface area contributed by atoms with Crippen molar-refractivity contribution < 1.29 is 0 Å². The smallest absolute Gasteiger partial charge is 0.181 e. The molecule has 1 aliphatic rings. The highest BCUT2D eigenvalue weighted by atomic mass is 15.4. The summed E-state index contributed by atoms with van der Waals surface area (Å²) >= 11 is 0. The standard InChI is InChI=1S/C18H23N5/c1-10-12(3)17(22(6)7)13(4)11(2)15(10)20-16-14(5)21-23-9-8-19-18(16)23/h8-9H,1-7H3. The number of nitrogens with zero attached hydrogens (tertiary/aromatic N) is 5. The third-order valence-electron chi connectivity index (χ3n) is 4.65. The second kappa shape index (κ2) is 5.33. The van der Waals surface area contributed by atoms with Crippen molar-refractivity contribution in [3.05, 3.63) is 40.5 Å². The molecule has 2 heterocycles. The summed E-state index contributed by atoms with van der Waals surface area (Å²) in [6, 6.07) is 0. The molecule has 0 aliphatic carbocycles. The van der Waals surface area contributed by atoms with Gasteiger partial charge in [0.1, 0.15) is 5.71 Å². The van der Waals surface area contributed by atoms with Gasteiger partial charge < -0.3 is 4.90 Å². The van der Waals surface area contributed by atoms with Crippen LogP contribution in [-0.4, -0.2) is 35.2 Å². The molecule has 0 atom stereocenters. The number of benzene rings is 1. The minimum atomic E-state index is 0.813. The predicted octanol–water partition coefficient (Wildman–Crippen LogP) is 3.54. The van der Waals surface area contributed by atoms with Gasteiger partial charge in [0, 0.05) is 32.2 Å². The zero-order valence-electron chi connectivity index (χ0n) is 14.9. The van der Waals surface area contributed by atoms with Crippen LogP contribution in [0.2, 0.25) is 0 Å². The predicted molar refractivity (Wildman–Crippen MR) is 96.6 cm³/mol. The number of imidazole rings is 1. The van der Waals surface area contributed by atoms with E-state index in [1.807, 2.05) is 13.1 Å². The van der Waals surface area contributed by atoms with Crippen LogP contribution in [0.3, 0.4) is 0 Å². The Morgan fingerprint density at radius 1 is 0.957 bits per heavy atom. The largest absolute Gasteiger partial charge is 0.377 e. The Morgan fingerprint density at radius 3 is 2.13 bits per heavy atom. The molecule has 0 saturated carbocycles. The van der Waals surface area contributed by atoms with E-state index in [0.29, 0.717) is 0 Å². The summed E-state index contributed by atoms with van der Waals surface area (Å²) in [4.78, 5) is 11.5. The van der Waals surface area contributed by atoms with Crippen LogP contribution in [0.1, 0.15) is 35.0 Å². The molecule has 1 aromatic carbocycles. The Labute approximate surface area is 137 Å². The number of hydrogen-bond donors (Lipinski definition) is 0. The van der Waals surface area contributed by atoms with Crippen LogP contribution in [0.5, 0.6) is 0 Å². The molecule has 0 amide bonds. The van der Waals surface area contributed by atoms with Gasteiger partial charge in [-0.15, -0.1) is 0 Å². The summed E-state index contributed by atoms with van der Waals surface area (Å²) in [5, 5.41) is 4.47. The summed E-state index contributed by atoms with van der Waals surface area (Å²) in [5.41, 5.74) is 9.04. The lowest BCUT2D eigenvalue weighted by atomic mass is 9.95. The number of hydrogen-bond acceptors (Lipinski definition) is 4. The molecule has 0 fully saturated rings. The summed E-state index contributed by atoms with van der Waals surface area (Å²) in [6.45, 7) is 10.6. The lowest BCUT2D eigenvalue weighted by molar-refractivity contribution is 0.883. The summed E-state index contributed by atoms with van der Waals surface area (Å²) in [6.07, 6.45) is 3.61. The Hall–Kier alpha value is -2.43. The SMILES string of the molecule is CC1=Nn2ccnc2C1=Nc1c(C)c(C)c(N(C)C)c(C)c1C. The number of fused-ring (bicyclic) bond motifs is 1. The van der Waals surface area contributed by atoms with E-state index in [-0.39, 0.29) is 0 Å². The van der Waals surface area contributed by atoms with Gasteiger partial charge in [0.2, 0.25) is 0 Å². The van der Waals surface area contributed by atoms with Crippen molar-refractivity contribution in [3.8, 4) is 0 Å². The summed E-state index contributed by atoms with van der Waals surface area (Å²) in [7, 11) is 4.18. The van der Waals surface area contributed by atoms with E-state index in [1.165, 1.54) is 27.9 Å². The Kier molecular flexibility index (Phi) is 3.59. The van der Waals surface area contributed by atoms with Crippen LogP contribution in [0.4, 0.5) is 11.4 Å². The summed E-state index contributed by atoms with van der Waals surface area (Å²) < 4.78 is 1.78. The maximum absolute atomic E-state index is 4.96. The first-order chi connectivity index (χ1) is 10.8. The average molecular weight is 309 g/mol. The first-order valence-electron chi connectivity index (χ1n) is 7.79. The molecule has 0 unspecified atom stereocenters. The molecule has 0 saturated heterocycles. The van der Waals surface area contributed by atoms with Gasteiger partial charge in [-0.25, -0.2) is 14.7 Å². The lowest BCUT2D eigenvalue weighted by Gasteiger charge is -2.24. The molecule has 0 spiro atoms. The van der Waals surface area contributed by atoms with Crippen LogP contribution >= 0.6 is 0 Å². The van der Waals surface area contributed by atoms with Crippen LogP contribution in [-0.2, 0) is 0 Å². The monoisotopic (exact) mass is 309 g/mol. The maximum atomic E-state index is 4.96. The van der Waals surface area contributed by atoms with E-state index in [4.69, 9.17) is 4.99 Å². The fourth-order valence-electron chi connectivity index (χ4n) is 3.27. The minimum absolute atomic E-state index is 0.813. The van der Waals surface area contributed by atoms with Gasteiger partial charge in [0.05, 0.1) is 11.4 Å². The quantitative estimate of drug-likeness (QED) is 0.851. The normalized spacial score (nSPS) is 15.1. The Balaban J connectivity index is 2.24. The maximum Gasteiger partial charge on any atom is 0.181 e. The molecule has 3 rings (SSSR count). The van der Waals surface area contributed by atoms with Crippen LogP contribution in [0, 0.1) is 27.7 Å². The number of aromatic nitrogens is 2. The first kappa shape index (κ1) is 15.5. The van der Waals surface area contributed by atoms with Crippen LogP contribution in [0.15, 0.2) is 22.5 Å². The van der Waals surface area contributed by atoms with Crippen LogP contribution in [0.25, 0.3) is 0 Å². The van der Waals surface area contributed by atoms with Crippen molar-refractivity contribution in [1.82, 2.24) is 9.66 Å². The molecule has 5 nitrogen and oxygen atoms in total. The number of rotatable bonds is 2. The average Bonchev–Trinajstić information content (AvgIpc) is 3.03. The summed E-state index contributed by atoms with van der Waals surface area (Å²) in [5.74, 6) is 0.813. The molecule has 1 aliphatic heterocycles. The van der Waals surface area contributed by atoms with E-state index in [2.05, 4.69) is 56.8 Å². The third-order valence-corrected chi connectivity index (χ3v) is 4.65. The first-order valence-corrected chi connectivity index (χ1v) is 7.79. The van der Waals surface area contributed by atoms with Crippen molar-refractivity contribution >= 4 is 22.8 Å². The highest BCUT2D eigenvalue weighted by Gasteiger charge is 2.23. The molecule has 120 valence electrons. The zero-order valence-corrected chi connectivity index (χ0v) is 14.9. The van der Waals surface area contributed by atoms with Gasteiger partial charge in [0.15, 0.2) is 5.82 Å². The van der Waals surface area contributed by atoms with Gasteiger partial charge in [-0.1, -0.05) is 0 Å². The van der Waals surface area contributed by atoms with Crippen molar-refractivity contribution in [3.63, 3.8) is 0 Å². The van der Waals surface area contributed by atoms with Gasteiger partial charge in [0.25, 0.3) is 0 Å². The molecule has 1 aromatic heterocycles. The molecule has 2 aromatic rings. The fraction of sp³-hybridized carbons (Fsp3) is 0.389. The minimum Gasteiger partial charge on any atom is -0.377 e. The zero-order chi connectivity index (χ0) is 16.9. The van der Waals surface area contributed by atoms with E-state index in [0.717, 1.165) is 22.9 Å². The molecule has 5 heteroatoms. The fourth-order valence-corrected chi connectivity index (χ4v) is 3.27. The lowest BCUT2D eigenvalue weighted by Crippen LogP contribution is -2.14. The highest BCUT2D eigenvalue weighted by Crippen LogP contribution is 2.37. The van der Waals surface area contributed by atoms with E-state index < -0.39 is 0 Å². The Morgan fingerprint density at radius 2 is 1.57 bits per heavy atom. The molecule has 0 radical (unpaired) electrons. The van der Waals surface area contributed by atoms with Gasteiger partial charge in [-0.3, -0.25) is 0 Å². The third kappa shape index (κ3) is 2.27. The second-order valence-corrected chi connectivity index (χ2v) is 6.33. The van der Waals surface area contributed by atoms with E-state index in [9.17, 15) is 0 Å². The van der Waals surface area contributed by atoms with Crippen LogP contribution < -0.4 is 4.90 Å². The molecular weight excluding hydrogens is 286 g/mol. The molecule has 0 N–H and O–H groups in total. The molecular formula is C18H23N5. The van der Waals surface area contributed by atoms with Gasteiger partial charge in [-0.05, 0) is 56.9 Å². The van der Waals surface area contributed by atoms with E-state index in [1.54, 1.807) is 10.9 Å². The number of aliphatic imine (C=N–C) groups is 1.